The van der Waals surface area contributed by atoms with Crippen molar-refractivity contribution in [2.24, 2.45) is 4.99 Å². The summed E-state index contributed by atoms with van der Waals surface area (Å²) in [6.45, 7) is 6.46. The standard InChI is InChI=1S/C21H31N3O4.HI/c1-3-22-21(23-11-7-13-26-17-19-9-6-14-28-19)24-12-15-27-16-18-8-4-5-10-20(18)25-2;/h4-6,8-10,14H,3,7,11-13,15-17H2,1-2H3,(H2,22,23,24);1H. The number of nitrogens with one attached hydrogen (secondary N) is 2. The molecule has 0 radical (unpaired) electrons. The van der Waals surface area contributed by atoms with Gasteiger partial charge in [0.15, 0.2) is 5.96 Å². The third-order valence-corrected chi connectivity index (χ3v) is 3.87. The van der Waals surface area contributed by atoms with E-state index >= 15 is 0 Å². The second-order valence-corrected chi connectivity index (χ2v) is 6.04. The highest BCUT2D eigenvalue weighted by Gasteiger charge is 2.02. The molecule has 162 valence electrons. The monoisotopic (exact) mass is 517 g/mol. The molecule has 0 unspecified atom stereocenters. The van der Waals surface area contributed by atoms with Crippen LogP contribution in [-0.2, 0) is 22.7 Å². The molecule has 1 aromatic carbocycles. The molecule has 0 aliphatic carbocycles. The number of guanidine groups is 1. The summed E-state index contributed by atoms with van der Waals surface area (Å²) in [6, 6.07) is 11.6. The predicted octanol–water partition coefficient (Wildman–Crippen LogP) is 3.58. The molecule has 0 bridgehead atoms. The molecule has 7 nitrogen and oxygen atoms in total. The molecular weight excluding hydrogens is 485 g/mol. The van der Waals surface area contributed by atoms with Gasteiger partial charge >= 0.3 is 0 Å². The van der Waals surface area contributed by atoms with Crippen LogP contribution >= 0.6 is 24.0 Å². The molecule has 2 rings (SSSR count). The lowest BCUT2D eigenvalue weighted by atomic mass is 10.2. The Balaban J connectivity index is 0.00000420. The molecular formula is C21H32IN3O4. The van der Waals surface area contributed by atoms with Crippen LogP contribution in [0.1, 0.15) is 24.7 Å². The van der Waals surface area contributed by atoms with Gasteiger partial charge in [0.2, 0.25) is 0 Å². The van der Waals surface area contributed by atoms with Crippen LogP contribution in [0.15, 0.2) is 52.1 Å². The summed E-state index contributed by atoms with van der Waals surface area (Å²) in [5, 5.41) is 6.51. The lowest BCUT2D eigenvalue weighted by Crippen LogP contribution is -2.39. The molecule has 2 N–H and O–H groups in total. The average molecular weight is 517 g/mol. The summed E-state index contributed by atoms with van der Waals surface area (Å²) < 4.78 is 21.8. The maximum atomic E-state index is 5.73. The van der Waals surface area contributed by atoms with Gasteiger partial charge in [-0.2, -0.15) is 0 Å². The molecule has 29 heavy (non-hydrogen) atoms. The minimum atomic E-state index is 0. The molecule has 2 aromatic rings. The van der Waals surface area contributed by atoms with Crippen molar-refractivity contribution in [3.63, 3.8) is 0 Å². The number of nitrogens with zero attached hydrogens (tertiary/aromatic N) is 1. The number of para-hydroxylation sites is 1. The van der Waals surface area contributed by atoms with Gasteiger partial charge in [0, 0.05) is 31.8 Å². The van der Waals surface area contributed by atoms with E-state index in [1.807, 2.05) is 43.3 Å². The van der Waals surface area contributed by atoms with Crippen molar-refractivity contribution in [2.45, 2.75) is 26.6 Å². The van der Waals surface area contributed by atoms with E-state index in [9.17, 15) is 0 Å². The first kappa shape index (κ1) is 25.3. The third kappa shape index (κ3) is 10.5. The Hall–Kier alpha value is -1.78. The van der Waals surface area contributed by atoms with Crippen LogP contribution in [-0.4, -0.2) is 45.9 Å². The first-order valence-corrected chi connectivity index (χ1v) is 9.65. The van der Waals surface area contributed by atoms with Gasteiger partial charge in [-0.15, -0.1) is 24.0 Å². The Morgan fingerprint density at radius 1 is 1.03 bits per heavy atom. The van der Waals surface area contributed by atoms with Gasteiger partial charge in [0.05, 0.1) is 26.6 Å². The average Bonchev–Trinajstić information content (AvgIpc) is 3.24. The normalized spacial score (nSPS) is 11.0. The van der Waals surface area contributed by atoms with Gasteiger partial charge in [-0.3, -0.25) is 4.99 Å². The van der Waals surface area contributed by atoms with E-state index in [1.54, 1.807) is 13.4 Å². The largest absolute Gasteiger partial charge is 0.496 e. The van der Waals surface area contributed by atoms with E-state index in [-0.39, 0.29) is 24.0 Å². The number of aliphatic imine (C=N–C) groups is 1. The van der Waals surface area contributed by atoms with Crippen molar-refractivity contribution in [1.29, 1.82) is 0 Å². The highest BCUT2D eigenvalue weighted by atomic mass is 127. The Kier molecular flexibility index (Phi) is 14.0. The molecule has 0 aliphatic rings. The van der Waals surface area contributed by atoms with Crippen molar-refractivity contribution in [3.8, 4) is 5.75 Å². The Morgan fingerprint density at radius 2 is 1.86 bits per heavy atom. The van der Waals surface area contributed by atoms with Crippen LogP contribution in [0.5, 0.6) is 5.75 Å². The quantitative estimate of drug-likeness (QED) is 0.183. The fourth-order valence-corrected chi connectivity index (χ4v) is 2.51. The molecule has 0 amide bonds. The molecule has 0 aliphatic heterocycles. The van der Waals surface area contributed by atoms with Crippen molar-refractivity contribution >= 4 is 29.9 Å². The Morgan fingerprint density at radius 3 is 2.62 bits per heavy atom. The van der Waals surface area contributed by atoms with Crippen LogP contribution in [0.3, 0.4) is 0 Å². The highest BCUT2D eigenvalue weighted by molar-refractivity contribution is 14.0. The second kappa shape index (κ2) is 16.1. The van der Waals surface area contributed by atoms with Crippen molar-refractivity contribution in [2.75, 3.05) is 40.0 Å². The van der Waals surface area contributed by atoms with Crippen LogP contribution in [0, 0.1) is 0 Å². The first-order chi connectivity index (χ1) is 13.8. The zero-order valence-corrected chi connectivity index (χ0v) is 19.5. The number of halogens is 1. The summed E-state index contributed by atoms with van der Waals surface area (Å²) in [5.41, 5.74) is 1.04. The summed E-state index contributed by atoms with van der Waals surface area (Å²) in [5.74, 6) is 2.47. The summed E-state index contributed by atoms with van der Waals surface area (Å²) in [7, 11) is 1.67. The van der Waals surface area contributed by atoms with E-state index in [4.69, 9.17) is 18.6 Å². The summed E-state index contributed by atoms with van der Waals surface area (Å²) in [4.78, 5) is 4.55. The fourth-order valence-electron chi connectivity index (χ4n) is 2.51. The van der Waals surface area contributed by atoms with Gasteiger partial charge in [-0.1, -0.05) is 18.2 Å². The predicted molar refractivity (Wildman–Crippen MR) is 125 cm³/mol. The van der Waals surface area contributed by atoms with Crippen LogP contribution < -0.4 is 15.4 Å². The molecule has 0 fully saturated rings. The number of benzene rings is 1. The SMILES string of the molecule is CCNC(=NCCCOCc1ccco1)NCCOCc1ccccc1OC.I. The molecule has 1 aromatic heterocycles. The smallest absolute Gasteiger partial charge is 0.191 e. The van der Waals surface area contributed by atoms with Crippen LogP contribution in [0.4, 0.5) is 0 Å². The topological polar surface area (TPSA) is 77.3 Å². The highest BCUT2D eigenvalue weighted by Crippen LogP contribution is 2.17. The number of ether oxygens (including phenoxy) is 3. The van der Waals surface area contributed by atoms with Crippen LogP contribution in [0.25, 0.3) is 0 Å². The zero-order valence-electron chi connectivity index (χ0n) is 17.2. The van der Waals surface area contributed by atoms with Gasteiger partial charge in [-0.05, 0) is 31.5 Å². The van der Waals surface area contributed by atoms with E-state index in [1.165, 1.54) is 0 Å². The summed E-state index contributed by atoms with van der Waals surface area (Å²) >= 11 is 0. The van der Waals surface area contributed by atoms with Crippen molar-refractivity contribution in [3.05, 3.63) is 54.0 Å². The van der Waals surface area contributed by atoms with Gasteiger partial charge in [-0.25, -0.2) is 0 Å². The second-order valence-electron chi connectivity index (χ2n) is 6.04. The maximum Gasteiger partial charge on any atom is 0.191 e. The van der Waals surface area contributed by atoms with E-state index < -0.39 is 0 Å². The zero-order chi connectivity index (χ0) is 19.9. The minimum absolute atomic E-state index is 0. The first-order valence-electron chi connectivity index (χ1n) is 9.65. The lowest BCUT2D eigenvalue weighted by Gasteiger charge is -2.12. The molecule has 1 heterocycles. The fraction of sp³-hybridized carbons (Fsp3) is 0.476. The number of rotatable bonds is 13. The molecule has 0 spiro atoms. The molecule has 0 atom stereocenters. The van der Waals surface area contributed by atoms with E-state index in [2.05, 4.69) is 15.6 Å². The maximum absolute atomic E-state index is 5.73. The third-order valence-electron chi connectivity index (χ3n) is 3.87. The Bertz CT molecular complexity index is 680. The number of hydrogen-bond donors (Lipinski definition) is 2. The van der Waals surface area contributed by atoms with Crippen molar-refractivity contribution in [1.82, 2.24) is 10.6 Å². The van der Waals surface area contributed by atoms with Gasteiger partial charge in [0.1, 0.15) is 18.1 Å². The number of hydrogen-bond acceptors (Lipinski definition) is 5. The van der Waals surface area contributed by atoms with Crippen molar-refractivity contribution < 1.29 is 18.6 Å². The van der Waals surface area contributed by atoms with E-state index in [0.29, 0.717) is 39.5 Å². The molecule has 8 heteroatoms. The van der Waals surface area contributed by atoms with E-state index in [0.717, 1.165) is 36.0 Å². The molecule has 0 saturated heterocycles. The number of furan rings is 1. The minimum Gasteiger partial charge on any atom is -0.496 e. The lowest BCUT2D eigenvalue weighted by molar-refractivity contribution is 0.105. The van der Waals surface area contributed by atoms with Gasteiger partial charge < -0.3 is 29.3 Å². The molecule has 0 saturated carbocycles. The van der Waals surface area contributed by atoms with Crippen LogP contribution in [0.2, 0.25) is 0 Å². The number of methoxy groups -OCH3 is 1. The summed E-state index contributed by atoms with van der Waals surface area (Å²) in [6.07, 6.45) is 2.50. The van der Waals surface area contributed by atoms with Gasteiger partial charge in [0.25, 0.3) is 0 Å². The Labute approximate surface area is 190 Å².